The molecule has 0 aliphatic rings. The van der Waals surface area contributed by atoms with Crippen molar-refractivity contribution in [1.82, 2.24) is 0 Å². The number of rotatable bonds is 6. The molecule has 9 aromatic rings. The van der Waals surface area contributed by atoms with Crippen molar-refractivity contribution >= 4 is 49.4 Å². The van der Waals surface area contributed by atoms with Crippen LogP contribution < -0.4 is 4.90 Å². The monoisotopic (exact) mass is 623 g/mol. The Kier molecular flexibility index (Phi) is 7.22. The van der Waals surface area contributed by atoms with Gasteiger partial charge in [0.25, 0.3) is 0 Å². The normalized spacial score (nSPS) is 11.3. The summed E-state index contributed by atoms with van der Waals surface area (Å²) in [6, 6.07) is 72.5. The Morgan fingerprint density at radius 3 is 1.51 bits per heavy atom. The highest BCUT2D eigenvalue weighted by molar-refractivity contribution is 6.13. The Labute approximate surface area is 287 Å². The molecular formula is C48H33N. The molecule has 9 rings (SSSR count). The molecule has 0 saturated carbocycles. The number of hydrogen-bond acceptors (Lipinski definition) is 1. The molecule has 0 atom stereocenters. The fourth-order valence-electron chi connectivity index (χ4n) is 7.16. The van der Waals surface area contributed by atoms with Gasteiger partial charge in [0.2, 0.25) is 0 Å². The van der Waals surface area contributed by atoms with E-state index in [0.717, 1.165) is 17.1 Å². The van der Waals surface area contributed by atoms with Crippen molar-refractivity contribution in [2.75, 3.05) is 4.90 Å². The summed E-state index contributed by atoms with van der Waals surface area (Å²) < 4.78 is 0. The largest absolute Gasteiger partial charge is 0.310 e. The summed E-state index contributed by atoms with van der Waals surface area (Å²) in [6.07, 6.45) is 0. The van der Waals surface area contributed by atoms with Crippen LogP contribution in [0.25, 0.3) is 65.7 Å². The van der Waals surface area contributed by atoms with Crippen LogP contribution in [0.1, 0.15) is 0 Å². The first kappa shape index (κ1) is 28.8. The van der Waals surface area contributed by atoms with Crippen LogP contribution in [0, 0.1) is 0 Å². The van der Waals surface area contributed by atoms with E-state index in [0.29, 0.717) is 0 Å². The molecule has 0 radical (unpaired) electrons. The van der Waals surface area contributed by atoms with E-state index in [2.05, 4.69) is 205 Å². The zero-order valence-electron chi connectivity index (χ0n) is 27.0. The van der Waals surface area contributed by atoms with E-state index in [1.165, 1.54) is 65.7 Å². The molecule has 0 heterocycles. The molecule has 0 fully saturated rings. The minimum Gasteiger partial charge on any atom is -0.310 e. The van der Waals surface area contributed by atoms with Crippen LogP contribution in [0.5, 0.6) is 0 Å². The summed E-state index contributed by atoms with van der Waals surface area (Å²) >= 11 is 0. The first-order valence-corrected chi connectivity index (χ1v) is 16.8. The zero-order valence-corrected chi connectivity index (χ0v) is 27.0. The lowest BCUT2D eigenvalue weighted by Crippen LogP contribution is -2.10. The van der Waals surface area contributed by atoms with Crippen molar-refractivity contribution in [3.05, 3.63) is 200 Å². The number of anilines is 3. The summed E-state index contributed by atoms with van der Waals surface area (Å²) in [5, 5.41) is 7.58. The zero-order chi connectivity index (χ0) is 32.6. The molecule has 0 spiro atoms. The van der Waals surface area contributed by atoms with Gasteiger partial charge in [-0.3, -0.25) is 0 Å². The van der Waals surface area contributed by atoms with Crippen LogP contribution in [0.15, 0.2) is 200 Å². The first-order valence-electron chi connectivity index (χ1n) is 16.8. The van der Waals surface area contributed by atoms with E-state index >= 15 is 0 Å². The summed E-state index contributed by atoms with van der Waals surface area (Å²) in [5.74, 6) is 0. The van der Waals surface area contributed by atoms with Crippen LogP contribution in [-0.4, -0.2) is 0 Å². The van der Waals surface area contributed by atoms with Gasteiger partial charge in [0.15, 0.2) is 0 Å². The lowest BCUT2D eigenvalue weighted by atomic mass is 9.93. The molecule has 9 aromatic carbocycles. The maximum atomic E-state index is 2.37. The van der Waals surface area contributed by atoms with Gasteiger partial charge in [0.05, 0.1) is 0 Å². The van der Waals surface area contributed by atoms with Gasteiger partial charge in [-0.25, -0.2) is 0 Å². The SMILES string of the molecule is c1ccc(-c2ccc(N(c3ccc(-c4ccc5ccccc5c4)cc3)c3cccc(-c4cc5ccccc5c5ccccc45)c3)cc2)cc1. The summed E-state index contributed by atoms with van der Waals surface area (Å²) in [5.41, 5.74) is 10.6. The van der Waals surface area contributed by atoms with Gasteiger partial charge in [0, 0.05) is 17.1 Å². The van der Waals surface area contributed by atoms with E-state index in [-0.39, 0.29) is 0 Å². The molecule has 0 amide bonds. The predicted octanol–water partition coefficient (Wildman–Crippen LogP) is 13.6. The predicted molar refractivity (Wildman–Crippen MR) is 210 cm³/mol. The standard InChI is InChI=1S/C48H33N/c1-2-11-34(12-3-1)36-23-27-42(28-24-36)49(43-29-25-37(26-30-43)39-22-21-35-13-4-5-14-38(35)31-39)44-17-10-16-40(32-44)48-33-41-15-6-7-18-45(41)46-19-8-9-20-47(46)48/h1-33H. The van der Waals surface area contributed by atoms with Crippen molar-refractivity contribution in [3.8, 4) is 33.4 Å². The third kappa shape index (κ3) is 5.42. The van der Waals surface area contributed by atoms with E-state index in [1.54, 1.807) is 0 Å². The molecule has 0 aromatic heterocycles. The molecule has 0 saturated heterocycles. The van der Waals surface area contributed by atoms with Gasteiger partial charge in [-0.05, 0) is 114 Å². The van der Waals surface area contributed by atoms with Gasteiger partial charge in [-0.2, -0.15) is 0 Å². The Balaban J connectivity index is 1.16. The second kappa shape index (κ2) is 12.3. The quantitative estimate of drug-likeness (QED) is 0.167. The molecule has 0 aliphatic carbocycles. The maximum Gasteiger partial charge on any atom is 0.0467 e. The van der Waals surface area contributed by atoms with Crippen LogP contribution in [0.4, 0.5) is 17.1 Å². The van der Waals surface area contributed by atoms with E-state index in [9.17, 15) is 0 Å². The van der Waals surface area contributed by atoms with Crippen LogP contribution in [0.3, 0.4) is 0 Å². The van der Waals surface area contributed by atoms with Gasteiger partial charge in [0.1, 0.15) is 0 Å². The van der Waals surface area contributed by atoms with Gasteiger partial charge < -0.3 is 4.90 Å². The molecule has 0 N–H and O–H groups in total. The molecule has 0 aliphatic heterocycles. The first-order chi connectivity index (χ1) is 24.3. The Bertz CT molecular complexity index is 2580. The van der Waals surface area contributed by atoms with Crippen molar-refractivity contribution in [1.29, 1.82) is 0 Å². The van der Waals surface area contributed by atoms with Crippen LogP contribution >= 0.6 is 0 Å². The number of nitrogens with zero attached hydrogens (tertiary/aromatic N) is 1. The molecule has 1 heteroatoms. The van der Waals surface area contributed by atoms with Crippen molar-refractivity contribution in [2.24, 2.45) is 0 Å². The Morgan fingerprint density at radius 2 is 0.776 bits per heavy atom. The minimum absolute atomic E-state index is 1.11. The average Bonchev–Trinajstić information content (AvgIpc) is 3.18. The fraction of sp³-hybridized carbons (Fsp3) is 0. The third-order valence-electron chi connectivity index (χ3n) is 9.62. The maximum absolute atomic E-state index is 2.37. The average molecular weight is 624 g/mol. The number of fused-ring (bicyclic) bond motifs is 4. The summed E-state index contributed by atoms with van der Waals surface area (Å²) in [6.45, 7) is 0. The van der Waals surface area contributed by atoms with Crippen molar-refractivity contribution < 1.29 is 0 Å². The third-order valence-corrected chi connectivity index (χ3v) is 9.62. The van der Waals surface area contributed by atoms with Crippen molar-refractivity contribution in [3.63, 3.8) is 0 Å². The smallest absolute Gasteiger partial charge is 0.0467 e. The number of benzene rings is 9. The van der Waals surface area contributed by atoms with E-state index in [4.69, 9.17) is 0 Å². The minimum atomic E-state index is 1.11. The molecule has 1 nitrogen and oxygen atoms in total. The van der Waals surface area contributed by atoms with Crippen molar-refractivity contribution in [2.45, 2.75) is 0 Å². The second-order valence-corrected chi connectivity index (χ2v) is 12.6. The highest BCUT2D eigenvalue weighted by atomic mass is 15.1. The van der Waals surface area contributed by atoms with E-state index < -0.39 is 0 Å². The van der Waals surface area contributed by atoms with E-state index in [1.807, 2.05) is 0 Å². The highest BCUT2D eigenvalue weighted by Gasteiger charge is 2.16. The topological polar surface area (TPSA) is 3.24 Å². The Hall–Kier alpha value is -6.44. The molecule has 0 unspecified atom stereocenters. The molecule has 0 bridgehead atoms. The van der Waals surface area contributed by atoms with Crippen LogP contribution in [-0.2, 0) is 0 Å². The molecule has 49 heavy (non-hydrogen) atoms. The van der Waals surface area contributed by atoms with Crippen LogP contribution in [0.2, 0.25) is 0 Å². The van der Waals surface area contributed by atoms with Gasteiger partial charge in [-0.1, -0.05) is 152 Å². The molecular weight excluding hydrogens is 591 g/mol. The molecule has 230 valence electrons. The number of hydrogen-bond donors (Lipinski definition) is 0. The summed E-state index contributed by atoms with van der Waals surface area (Å²) in [7, 11) is 0. The second-order valence-electron chi connectivity index (χ2n) is 12.6. The Morgan fingerprint density at radius 1 is 0.245 bits per heavy atom. The summed E-state index contributed by atoms with van der Waals surface area (Å²) in [4.78, 5) is 2.37. The highest BCUT2D eigenvalue weighted by Crippen LogP contribution is 2.41. The van der Waals surface area contributed by atoms with Gasteiger partial charge in [-0.15, -0.1) is 0 Å². The fourth-order valence-corrected chi connectivity index (χ4v) is 7.16. The lowest BCUT2D eigenvalue weighted by Gasteiger charge is -2.26. The van der Waals surface area contributed by atoms with Gasteiger partial charge >= 0.3 is 0 Å². The lowest BCUT2D eigenvalue weighted by molar-refractivity contribution is 1.28.